The van der Waals surface area contributed by atoms with Gasteiger partial charge in [0.05, 0.1) is 6.20 Å². The number of rotatable bonds is 1. The highest BCUT2D eigenvalue weighted by molar-refractivity contribution is 6.29. The molecule has 0 unspecified atom stereocenters. The van der Waals surface area contributed by atoms with Crippen molar-refractivity contribution in [3.63, 3.8) is 0 Å². The Labute approximate surface area is 83.7 Å². The van der Waals surface area contributed by atoms with Gasteiger partial charge in [-0.05, 0) is 23.2 Å². The van der Waals surface area contributed by atoms with Crippen molar-refractivity contribution in [2.24, 2.45) is 0 Å². The van der Waals surface area contributed by atoms with Gasteiger partial charge in [0.1, 0.15) is 5.52 Å². The van der Waals surface area contributed by atoms with E-state index in [1.165, 1.54) is 10.9 Å². The van der Waals surface area contributed by atoms with Gasteiger partial charge in [0.15, 0.2) is 5.65 Å². The fourth-order valence-electron chi connectivity index (χ4n) is 1.02. The minimum atomic E-state index is 0.167. The molecule has 0 aliphatic carbocycles. The lowest BCUT2D eigenvalue weighted by Gasteiger charge is -2.00. The van der Waals surface area contributed by atoms with Crippen LogP contribution >= 0.6 is 23.2 Å². The molecule has 0 atom stereocenters. The highest BCUT2D eigenvalue weighted by Gasteiger charge is 2.09. The van der Waals surface area contributed by atoms with Crippen molar-refractivity contribution in [1.29, 1.82) is 0 Å². The molecule has 13 heavy (non-hydrogen) atoms. The Hall–Kier alpha value is -1.07. The monoisotopic (exact) mass is 217 g/mol. The normalized spacial score (nSPS) is 10.7. The summed E-state index contributed by atoms with van der Waals surface area (Å²) in [6, 6.07) is 0. The molecule has 0 fully saturated rings. The fourth-order valence-corrected chi connectivity index (χ4v) is 1.41. The molecule has 2 aromatic rings. The molecule has 0 saturated carbocycles. The second kappa shape index (κ2) is 3.01. The third-order valence-corrected chi connectivity index (χ3v) is 1.99. The van der Waals surface area contributed by atoms with E-state index < -0.39 is 0 Å². The number of aromatic nitrogens is 4. The summed E-state index contributed by atoms with van der Waals surface area (Å²) in [5.41, 5.74) is 3.98. The van der Waals surface area contributed by atoms with Crippen molar-refractivity contribution in [3.8, 4) is 0 Å². The number of nitrogens with one attached hydrogen (secondary N) is 1. The number of fused-ring (bicyclic) bond motifs is 1. The highest BCUT2D eigenvalue weighted by Crippen LogP contribution is 2.16. The number of hydrogen-bond acceptors (Lipinski definition) is 4. The molecule has 0 radical (unpaired) electrons. The second-order valence-corrected chi connectivity index (χ2v) is 2.96. The van der Waals surface area contributed by atoms with Crippen LogP contribution in [0.5, 0.6) is 0 Å². The van der Waals surface area contributed by atoms with Crippen LogP contribution < -0.4 is 5.43 Å². The predicted molar refractivity (Wildman–Crippen MR) is 50.6 cm³/mol. The van der Waals surface area contributed by atoms with Crippen LogP contribution in [0.15, 0.2) is 6.20 Å². The van der Waals surface area contributed by atoms with Gasteiger partial charge in [-0.3, -0.25) is 0 Å². The smallest absolute Gasteiger partial charge is 0.224 e. The zero-order chi connectivity index (χ0) is 9.42. The van der Waals surface area contributed by atoms with Gasteiger partial charge in [-0.25, -0.2) is 14.6 Å². The number of halogens is 2. The van der Waals surface area contributed by atoms with E-state index in [1.54, 1.807) is 7.05 Å². The lowest BCUT2D eigenvalue weighted by Crippen LogP contribution is -2.09. The molecule has 2 heterocycles. The summed E-state index contributed by atoms with van der Waals surface area (Å²) in [5.74, 6) is 0. The van der Waals surface area contributed by atoms with Crippen LogP contribution in [0.25, 0.3) is 11.2 Å². The molecule has 0 bridgehead atoms. The zero-order valence-electron chi connectivity index (χ0n) is 6.62. The minimum Gasteiger partial charge on any atom is -0.325 e. The summed E-state index contributed by atoms with van der Waals surface area (Å²) in [6.07, 6.45) is 1.52. The standard InChI is InChI=1S/C6H5Cl2N5/c1-9-13-4-3(11-6(13)8)2-10-5(7)12-4/h2,9H,1H3. The van der Waals surface area contributed by atoms with Crippen molar-refractivity contribution in [2.75, 3.05) is 12.5 Å². The largest absolute Gasteiger partial charge is 0.325 e. The summed E-state index contributed by atoms with van der Waals surface area (Å²) in [6.45, 7) is 0. The zero-order valence-corrected chi connectivity index (χ0v) is 8.13. The third kappa shape index (κ3) is 1.30. The van der Waals surface area contributed by atoms with Gasteiger partial charge in [-0.1, -0.05) is 0 Å². The van der Waals surface area contributed by atoms with Gasteiger partial charge in [-0.2, -0.15) is 4.98 Å². The molecule has 0 aromatic carbocycles. The van der Waals surface area contributed by atoms with Gasteiger partial charge >= 0.3 is 0 Å². The molecule has 2 aromatic heterocycles. The van der Waals surface area contributed by atoms with Crippen LogP contribution in [0.1, 0.15) is 0 Å². The average molecular weight is 218 g/mol. The van der Waals surface area contributed by atoms with E-state index in [9.17, 15) is 0 Å². The summed E-state index contributed by atoms with van der Waals surface area (Å²) < 4.78 is 1.52. The molecule has 0 aliphatic rings. The second-order valence-electron chi connectivity index (χ2n) is 2.29. The maximum atomic E-state index is 5.80. The molecule has 1 N–H and O–H groups in total. The van der Waals surface area contributed by atoms with Crippen LogP contribution in [-0.4, -0.2) is 26.7 Å². The lowest BCUT2D eigenvalue weighted by atomic mass is 10.6. The number of nitrogens with zero attached hydrogens (tertiary/aromatic N) is 4. The van der Waals surface area contributed by atoms with Crippen LogP contribution in [-0.2, 0) is 0 Å². The Bertz CT molecular complexity index is 451. The first-order valence-corrected chi connectivity index (χ1v) is 4.22. The van der Waals surface area contributed by atoms with Crippen molar-refractivity contribution in [2.45, 2.75) is 0 Å². The Morgan fingerprint density at radius 1 is 1.38 bits per heavy atom. The first kappa shape index (κ1) is 8.52. The summed E-state index contributed by atoms with van der Waals surface area (Å²) >= 11 is 11.4. The quantitative estimate of drug-likeness (QED) is 0.579. The summed E-state index contributed by atoms with van der Waals surface area (Å²) in [4.78, 5) is 11.8. The van der Waals surface area contributed by atoms with E-state index >= 15 is 0 Å². The fraction of sp³-hybridized carbons (Fsp3) is 0.167. The third-order valence-electron chi connectivity index (χ3n) is 1.55. The molecule has 0 amide bonds. The number of imidazole rings is 1. The van der Waals surface area contributed by atoms with Crippen LogP contribution in [0.3, 0.4) is 0 Å². The maximum absolute atomic E-state index is 5.80. The van der Waals surface area contributed by atoms with Gasteiger partial charge < -0.3 is 5.43 Å². The Morgan fingerprint density at radius 2 is 2.15 bits per heavy atom. The van der Waals surface area contributed by atoms with Gasteiger partial charge in [0.2, 0.25) is 10.6 Å². The minimum absolute atomic E-state index is 0.167. The average Bonchev–Trinajstić information content (AvgIpc) is 2.40. The topological polar surface area (TPSA) is 55.6 Å². The van der Waals surface area contributed by atoms with E-state index in [1.807, 2.05) is 0 Å². The highest BCUT2D eigenvalue weighted by atomic mass is 35.5. The molecule has 5 nitrogen and oxygen atoms in total. The van der Waals surface area contributed by atoms with Crippen molar-refractivity contribution in [1.82, 2.24) is 19.6 Å². The summed E-state index contributed by atoms with van der Waals surface area (Å²) in [7, 11) is 1.71. The van der Waals surface area contributed by atoms with Crippen LogP contribution in [0, 0.1) is 0 Å². The Kier molecular flexibility index (Phi) is 1.97. The molecule has 0 spiro atoms. The van der Waals surface area contributed by atoms with Crippen LogP contribution in [0.2, 0.25) is 10.6 Å². The van der Waals surface area contributed by atoms with E-state index in [2.05, 4.69) is 20.4 Å². The molecular weight excluding hydrogens is 213 g/mol. The summed E-state index contributed by atoms with van der Waals surface area (Å²) in [5, 5.41) is 0.467. The molecule has 2 rings (SSSR count). The molecule has 7 heteroatoms. The van der Waals surface area contributed by atoms with Crippen LogP contribution in [0.4, 0.5) is 0 Å². The molecule has 0 saturated heterocycles. The Balaban J connectivity index is 2.80. The first-order valence-electron chi connectivity index (χ1n) is 3.46. The van der Waals surface area contributed by atoms with Crippen molar-refractivity contribution >= 4 is 34.4 Å². The lowest BCUT2D eigenvalue weighted by molar-refractivity contribution is 0.938. The maximum Gasteiger partial charge on any atom is 0.224 e. The molecular formula is C6H5Cl2N5. The number of hydrogen-bond donors (Lipinski definition) is 1. The molecule has 68 valence electrons. The van der Waals surface area contributed by atoms with E-state index in [4.69, 9.17) is 23.2 Å². The Morgan fingerprint density at radius 3 is 2.85 bits per heavy atom. The van der Waals surface area contributed by atoms with Crippen molar-refractivity contribution in [3.05, 3.63) is 16.8 Å². The predicted octanol–water partition coefficient (Wildman–Crippen LogP) is 1.31. The van der Waals surface area contributed by atoms with E-state index in [0.29, 0.717) is 16.4 Å². The van der Waals surface area contributed by atoms with Gasteiger partial charge in [0, 0.05) is 7.05 Å². The van der Waals surface area contributed by atoms with Gasteiger partial charge in [-0.15, -0.1) is 0 Å². The van der Waals surface area contributed by atoms with Crippen molar-refractivity contribution < 1.29 is 0 Å². The van der Waals surface area contributed by atoms with E-state index in [0.717, 1.165) is 0 Å². The van der Waals surface area contributed by atoms with Gasteiger partial charge in [0.25, 0.3) is 0 Å². The SMILES string of the molecule is CNn1c(Cl)nc2cnc(Cl)nc21. The molecule has 0 aliphatic heterocycles. The van der Waals surface area contributed by atoms with E-state index in [-0.39, 0.29) is 5.28 Å². The first-order chi connectivity index (χ1) is 6.22.